The maximum Gasteiger partial charge on any atom is 0.269 e. The SMILES string of the molecule is Cc1ccc(NCC(=O)NNC(=O)c2cccc(COc3ccccc3C(N)=O)c2)cc1. The van der Waals surface area contributed by atoms with Crippen molar-refractivity contribution >= 4 is 23.4 Å². The molecule has 0 spiro atoms. The highest BCUT2D eigenvalue weighted by molar-refractivity contribution is 5.96. The van der Waals surface area contributed by atoms with Gasteiger partial charge in [-0.2, -0.15) is 0 Å². The number of carbonyl (C=O) groups excluding carboxylic acids is 3. The third kappa shape index (κ3) is 6.33. The lowest BCUT2D eigenvalue weighted by molar-refractivity contribution is -0.120. The Bertz CT molecular complexity index is 1110. The third-order valence-corrected chi connectivity index (χ3v) is 4.56. The first-order valence-electron chi connectivity index (χ1n) is 9.92. The maximum atomic E-state index is 12.4. The van der Waals surface area contributed by atoms with Crippen molar-refractivity contribution in [2.24, 2.45) is 5.73 Å². The molecule has 32 heavy (non-hydrogen) atoms. The number of anilines is 1. The van der Waals surface area contributed by atoms with E-state index in [-0.39, 0.29) is 24.6 Å². The van der Waals surface area contributed by atoms with Gasteiger partial charge in [0.05, 0.1) is 12.1 Å². The van der Waals surface area contributed by atoms with Crippen LogP contribution in [0, 0.1) is 6.92 Å². The van der Waals surface area contributed by atoms with Crippen LogP contribution in [0.25, 0.3) is 0 Å². The molecule has 164 valence electrons. The zero-order valence-corrected chi connectivity index (χ0v) is 17.6. The first-order valence-corrected chi connectivity index (χ1v) is 9.92. The molecule has 0 saturated heterocycles. The van der Waals surface area contributed by atoms with Gasteiger partial charge in [0.25, 0.3) is 17.7 Å². The van der Waals surface area contributed by atoms with Gasteiger partial charge in [-0.15, -0.1) is 0 Å². The average molecular weight is 432 g/mol. The molecule has 0 fully saturated rings. The standard InChI is InChI=1S/C24H24N4O4/c1-16-9-11-19(12-10-16)26-14-22(29)27-28-24(31)18-6-4-5-17(13-18)15-32-21-8-3-2-7-20(21)23(25)30/h2-13,26H,14-15H2,1H3,(H2,25,30)(H,27,29)(H,28,31). The number of amides is 3. The van der Waals surface area contributed by atoms with Gasteiger partial charge in [-0.25, -0.2) is 0 Å². The number of aryl methyl sites for hydroxylation is 1. The molecular weight excluding hydrogens is 408 g/mol. The Morgan fingerprint density at radius 3 is 2.41 bits per heavy atom. The first kappa shape index (κ1) is 22.4. The minimum atomic E-state index is -0.582. The van der Waals surface area contributed by atoms with Crippen LogP contribution in [0.15, 0.2) is 72.8 Å². The second-order valence-electron chi connectivity index (χ2n) is 7.07. The van der Waals surface area contributed by atoms with Gasteiger partial charge in [-0.05, 0) is 48.9 Å². The smallest absolute Gasteiger partial charge is 0.269 e. The van der Waals surface area contributed by atoms with Gasteiger partial charge >= 0.3 is 0 Å². The van der Waals surface area contributed by atoms with E-state index in [1.807, 2.05) is 31.2 Å². The number of rotatable bonds is 8. The Morgan fingerprint density at radius 2 is 1.66 bits per heavy atom. The predicted octanol–water partition coefficient (Wildman–Crippen LogP) is 2.55. The van der Waals surface area contributed by atoms with Crippen molar-refractivity contribution < 1.29 is 19.1 Å². The number of carbonyl (C=O) groups is 3. The molecule has 0 aliphatic carbocycles. The lowest BCUT2D eigenvalue weighted by Crippen LogP contribution is -2.44. The molecule has 5 N–H and O–H groups in total. The fraction of sp³-hybridized carbons (Fsp3) is 0.125. The summed E-state index contributed by atoms with van der Waals surface area (Å²) in [6, 6.07) is 21.0. The van der Waals surface area contributed by atoms with E-state index in [2.05, 4.69) is 16.2 Å². The summed E-state index contributed by atoms with van der Waals surface area (Å²) in [6.07, 6.45) is 0. The van der Waals surface area contributed by atoms with Gasteiger partial charge < -0.3 is 15.8 Å². The number of hydrazine groups is 1. The van der Waals surface area contributed by atoms with Gasteiger partial charge in [-0.1, -0.05) is 42.0 Å². The Hall–Kier alpha value is -4.33. The molecule has 8 heteroatoms. The normalized spacial score (nSPS) is 10.2. The summed E-state index contributed by atoms with van der Waals surface area (Å²) < 4.78 is 5.69. The number of hydrogen-bond acceptors (Lipinski definition) is 5. The van der Waals surface area contributed by atoms with E-state index in [0.29, 0.717) is 16.9 Å². The second kappa shape index (κ2) is 10.6. The van der Waals surface area contributed by atoms with E-state index >= 15 is 0 Å². The van der Waals surface area contributed by atoms with E-state index in [9.17, 15) is 14.4 Å². The number of primary amides is 1. The lowest BCUT2D eigenvalue weighted by Gasteiger charge is -2.11. The van der Waals surface area contributed by atoms with Gasteiger partial charge in [0.15, 0.2) is 0 Å². The lowest BCUT2D eigenvalue weighted by atomic mass is 10.1. The fourth-order valence-corrected chi connectivity index (χ4v) is 2.86. The zero-order chi connectivity index (χ0) is 22.9. The summed E-state index contributed by atoms with van der Waals surface area (Å²) in [5.41, 5.74) is 13.4. The average Bonchev–Trinajstić information content (AvgIpc) is 2.81. The van der Waals surface area contributed by atoms with Crippen molar-refractivity contribution in [2.45, 2.75) is 13.5 Å². The number of para-hydroxylation sites is 1. The summed E-state index contributed by atoms with van der Waals surface area (Å²) in [4.78, 5) is 35.9. The molecule has 0 atom stereocenters. The Kier molecular flexibility index (Phi) is 7.42. The van der Waals surface area contributed by atoms with Crippen molar-refractivity contribution in [1.82, 2.24) is 10.9 Å². The topological polar surface area (TPSA) is 123 Å². The Morgan fingerprint density at radius 1 is 0.906 bits per heavy atom. The summed E-state index contributed by atoms with van der Waals surface area (Å²) in [6.45, 7) is 2.13. The first-order chi connectivity index (χ1) is 15.4. The number of benzene rings is 3. The molecule has 3 amide bonds. The number of nitrogens with two attached hydrogens (primary N) is 1. The molecule has 3 rings (SSSR count). The van der Waals surface area contributed by atoms with Gasteiger partial charge in [0.2, 0.25) is 0 Å². The van der Waals surface area contributed by atoms with Gasteiger partial charge in [0, 0.05) is 11.3 Å². The van der Waals surface area contributed by atoms with E-state index in [1.165, 1.54) is 0 Å². The number of nitrogens with one attached hydrogen (secondary N) is 3. The fourth-order valence-electron chi connectivity index (χ4n) is 2.86. The number of ether oxygens (including phenoxy) is 1. The van der Waals surface area contributed by atoms with E-state index in [0.717, 1.165) is 11.3 Å². The monoisotopic (exact) mass is 432 g/mol. The molecule has 0 radical (unpaired) electrons. The molecule has 0 bridgehead atoms. The summed E-state index contributed by atoms with van der Waals surface area (Å²) >= 11 is 0. The molecular formula is C24H24N4O4. The molecule has 0 saturated carbocycles. The zero-order valence-electron chi connectivity index (χ0n) is 17.6. The van der Waals surface area contributed by atoms with Gasteiger partial charge in [0.1, 0.15) is 12.4 Å². The molecule has 0 aliphatic heterocycles. The quantitative estimate of drug-likeness (QED) is 0.408. The largest absolute Gasteiger partial charge is 0.488 e. The third-order valence-electron chi connectivity index (χ3n) is 4.56. The van der Waals surface area contributed by atoms with Crippen molar-refractivity contribution in [2.75, 3.05) is 11.9 Å². The molecule has 0 unspecified atom stereocenters. The van der Waals surface area contributed by atoms with Crippen LogP contribution in [0.2, 0.25) is 0 Å². The summed E-state index contributed by atoms with van der Waals surface area (Å²) in [5, 5.41) is 2.98. The maximum absolute atomic E-state index is 12.4. The highest BCUT2D eigenvalue weighted by atomic mass is 16.5. The van der Waals surface area contributed by atoms with Crippen LogP contribution in [0.5, 0.6) is 5.75 Å². The van der Waals surface area contributed by atoms with Crippen LogP contribution in [0.1, 0.15) is 31.8 Å². The summed E-state index contributed by atoms with van der Waals surface area (Å²) in [5.74, 6) is -1.07. The Labute approximate surface area is 185 Å². The minimum absolute atomic E-state index is 0.0104. The van der Waals surface area contributed by atoms with Crippen LogP contribution in [-0.2, 0) is 11.4 Å². The predicted molar refractivity (Wildman–Crippen MR) is 121 cm³/mol. The number of hydrogen-bond donors (Lipinski definition) is 4. The van der Waals surface area contributed by atoms with Crippen LogP contribution in [-0.4, -0.2) is 24.3 Å². The highest BCUT2D eigenvalue weighted by Crippen LogP contribution is 2.19. The van der Waals surface area contributed by atoms with E-state index in [4.69, 9.17) is 10.5 Å². The molecule has 0 aromatic heterocycles. The molecule has 3 aromatic rings. The van der Waals surface area contributed by atoms with Crippen molar-refractivity contribution in [3.8, 4) is 5.75 Å². The summed E-state index contributed by atoms with van der Waals surface area (Å²) in [7, 11) is 0. The Balaban J connectivity index is 1.51. The van der Waals surface area contributed by atoms with Crippen LogP contribution in [0.3, 0.4) is 0 Å². The van der Waals surface area contributed by atoms with Crippen molar-refractivity contribution in [3.05, 3.63) is 95.1 Å². The highest BCUT2D eigenvalue weighted by Gasteiger charge is 2.11. The van der Waals surface area contributed by atoms with Crippen molar-refractivity contribution in [3.63, 3.8) is 0 Å². The van der Waals surface area contributed by atoms with Crippen LogP contribution < -0.4 is 26.6 Å². The molecule has 0 heterocycles. The van der Waals surface area contributed by atoms with E-state index < -0.39 is 11.8 Å². The minimum Gasteiger partial charge on any atom is -0.488 e. The molecule has 8 nitrogen and oxygen atoms in total. The van der Waals surface area contributed by atoms with Gasteiger partial charge in [-0.3, -0.25) is 25.2 Å². The van der Waals surface area contributed by atoms with Crippen LogP contribution >= 0.6 is 0 Å². The van der Waals surface area contributed by atoms with Crippen molar-refractivity contribution in [1.29, 1.82) is 0 Å². The molecule has 3 aromatic carbocycles. The van der Waals surface area contributed by atoms with E-state index in [1.54, 1.807) is 48.5 Å². The van der Waals surface area contributed by atoms with Crippen LogP contribution in [0.4, 0.5) is 5.69 Å². The molecule has 0 aliphatic rings. The second-order valence-corrected chi connectivity index (χ2v) is 7.07.